The number of ether oxygens (including phenoxy) is 1. The van der Waals surface area contributed by atoms with Crippen LogP contribution in [-0.2, 0) is 23.9 Å². The van der Waals surface area contributed by atoms with Crippen molar-refractivity contribution in [2.24, 2.45) is 17.8 Å². The summed E-state index contributed by atoms with van der Waals surface area (Å²) in [5, 5.41) is 0. The van der Waals surface area contributed by atoms with Crippen LogP contribution in [0.5, 0.6) is 0 Å². The quantitative estimate of drug-likeness (QED) is 0.258. The van der Waals surface area contributed by atoms with Gasteiger partial charge in [0.2, 0.25) is 11.8 Å². The Hall–Kier alpha value is -4.79. The maximum Gasteiger partial charge on any atom is 0.329 e. The van der Waals surface area contributed by atoms with Crippen molar-refractivity contribution in [1.82, 2.24) is 15.8 Å². The Bertz CT molecular complexity index is 1470. The fourth-order valence-corrected chi connectivity index (χ4v) is 6.82. The lowest BCUT2D eigenvalue weighted by atomic mass is 9.55. The molecule has 3 aromatic carbocycles. The molecule has 0 aromatic heterocycles. The maximum absolute atomic E-state index is 14.1. The molecule has 9 nitrogen and oxygen atoms in total. The first-order valence-corrected chi connectivity index (χ1v) is 14.1. The summed E-state index contributed by atoms with van der Waals surface area (Å²) in [7, 11) is 0. The molecule has 3 aromatic rings. The van der Waals surface area contributed by atoms with Gasteiger partial charge in [0.25, 0.3) is 11.8 Å². The number of imide groups is 1. The zero-order valence-corrected chi connectivity index (χ0v) is 23.3. The summed E-state index contributed by atoms with van der Waals surface area (Å²) in [4.78, 5) is 67.3. The van der Waals surface area contributed by atoms with Gasteiger partial charge in [-0.2, -0.15) is 0 Å². The number of esters is 1. The first-order valence-electron chi connectivity index (χ1n) is 14.1. The van der Waals surface area contributed by atoms with E-state index in [1.165, 1.54) is 0 Å². The van der Waals surface area contributed by atoms with Crippen LogP contribution in [0.2, 0.25) is 0 Å². The van der Waals surface area contributed by atoms with Crippen LogP contribution >= 0.6 is 0 Å². The second kappa shape index (κ2) is 10.9. The van der Waals surface area contributed by atoms with Crippen LogP contribution in [0.4, 0.5) is 0 Å². The van der Waals surface area contributed by atoms with Gasteiger partial charge in [-0.25, -0.2) is 4.79 Å². The summed E-state index contributed by atoms with van der Waals surface area (Å²) in [5.74, 6) is -4.75. The summed E-state index contributed by atoms with van der Waals surface area (Å²) in [6, 6.07) is 23.0. The van der Waals surface area contributed by atoms with Gasteiger partial charge in [0, 0.05) is 17.4 Å². The van der Waals surface area contributed by atoms with Gasteiger partial charge in [-0.3, -0.25) is 34.9 Å². The molecule has 1 saturated heterocycles. The highest BCUT2D eigenvalue weighted by atomic mass is 16.5. The molecule has 2 bridgehead atoms. The van der Waals surface area contributed by atoms with Crippen LogP contribution in [0, 0.1) is 17.8 Å². The van der Waals surface area contributed by atoms with Crippen LogP contribution in [0.3, 0.4) is 0 Å². The van der Waals surface area contributed by atoms with Gasteiger partial charge in [-0.1, -0.05) is 80.6 Å². The normalized spacial score (nSPS) is 22.2. The molecule has 0 spiro atoms. The minimum Gasteiger partial charge on any atom is -0.454 e. The van der Waals surface area contributed by atoms with E-state index in [1.54, 1.807) is 30.3 Å². The number of nitrogens with zero attached hydrogens (tertiary/aromatic N) is 1. The van der Waals surface area contributed by atoms with E-state index in [0.717, 1.165) is 27.2 Å². The molecule has 7 rings (SSSR count). The van der Waals surface area contributed by atoms with Crippen LogP contribution in [0.1, 0.15) is 64.7 Å². The summed E-state index contributed by atoms with van der Waals surface area (Å²) in [6.07, 6.45) is 0.192. The molecule has 4 amide bonds. The minimum atomic E-state index is -1.17. The van der Waals surface area contributed by atoms with Gasteiger partial charge in [0.1, 0.15) is 6.04 Å². The van der Waals surface area contributed by atoms with Crippen LogP contribution in [0.25, 0.3) is 0 Å². The molecule has 42 heavy (non-hydrogen) atoms. The molecule has 1 aliphatic heterocycles. The second-order valence-corrected chi connectivity index (χ2v) is 11.4. The van der Waals surface area contributed by atoms with E-state index in [2.05, 4.69) is 10.9 Å². The van der Waals surface area contributed by atoms with Crippen LogP contribution < -0.4 is 10.9 Å². The number of amides is 4. The first kappa shape index (κ1) is 27.4. The standard InChI is InChI=1S/C33H31N3O6/c1-18(2)16-24(33(41)42-17-25(37)34-35-30(38)19-10-4-3-5-11-19)36-31(39)28-26-20-12-6-7-13-21(20)27(29(28)32(36)40)23-15-9-8-14-22(23)26/h3-15,18,24,26-29H,16-17H2,1-2H3,(H,34,37)(H,35,38)/t24-,26?,27?,28+,29+/m1/s1. The van der Waals surface area contributed by atoms with Crippen LogP contribution in [0.15, 0.2) is 78.9 Å². The van der Waals surface area contributed by atoms with Crippen molar-refractivity contribution in [3.05, 3.63) is 107 Å². The van der Waals surface area contributed by atoms with E-state index in [1.807, 2.05) is 62.4 Å². The highest BCUT2D eigenvalue weighted by Crippen LogP contribution is 2.61. The zero-order chi connectivity index (χ0) is 29.5. The molecule has 4 aliphatic rings. The molecule has 3 aliphatic carbocycles. The number of carbonyl (C=O) groups is 5. The lowest BCUT2D eigenvalue weighted by Crippen LogP contribution is -2.48. The van der Waals surface area contributed by atoms with Crippen molar-refractivity contribution >= 4 is 29.6 Å². The molecule has 1 heterocycles. The Morgan fingerprint density at radius 3 is 1.69 bits per heavy atom. The molecule has 0 radical (unpaired) electrons. The van der Waals surface area contributed by atoms with Gasteiger partial charge in [-0.05, 0) is 46.7 Å². The Balaban J connectivity index is 1.21. The minimum absolute atomic E-state index is 0.0455. The number of benzene rings is 3. The number of hydrogen-bond acceptors (Lipinski definition) is 6. The Morgan fingerprint density at radius 1 is 0.738 bits per heavy atom. The molecule has 2 N–H and O–H groups in total. The van der Waals surface area contributed by atoms with Crippen molar-refractivity contribution in [3.63, 3.8) is 0 Å². The number of hydrogen-bond donors (Lipinski definition) is 2. The third-order valence-corrected chi connectivity index (χ3v) is 8.46. The topological polar surface area (TPSA) is 122 Å². The predicted octanol–water partition coefficient (Wildman–Crippen LogP) is 3.30. The van der Waals surface area contributed by atoms with Crippen molar-refractivity contribution in [2.75, 3.05) is 6.61 Å². The monoisotopic (exact) mass is 565 g/mol. The number of carbonyl (C=O) groups excluding carboxylic acids is 5. The first-order chi connectivity index (χ1) is 20.3. The lowest BCUT2D eigenvalue weighted by molar-refractivity contribution is -0.161. The van der Waals surface area contributed by atoms with E-state index in [4.69, 9.17) is 4.74 Å². The molecule has 3 atom stereocenters. The number of rotatable bonds is 7. The summed E-state index contributed by atoms with van der Waals surface area (Å²) in [5.41, 5.74) is 9.01. The Morgan fingerprint density at radius 2 is 1.21 bits per heavy atom. The molecule has 0 unspecified atom stereocenters. The smallest absolute Gasteiger partial charge is 0.329 e. The molecule has 9 heteroatoms. The largest absolute Gasteiger partial charge is 0.454 e. The average Bonchev–Trinajstić information content (AvgIpc) is 3.27. The van der Waals surface area contributed by atoms with Crippen molar-refractivity contribution in [2.45, 2.75) is 38.1 Å². The predicted molar refractivity (Wildman–Crippen MR) is 152 cm³/mol. The number of nitrogens with one attached hydrogen (secondary N) is 2. The average molecular weight is 566 g/mol. The maximum atomic E-state index is 14.1. The Labute approximate surface area is 243 Å². The number of hydrazine groups is 1. The Kier molecular flexibility index (Phi) is 7.10. The molecular weight excluding hydrogens is 534 g/mol. The third kappa shape index (κ3) is 4.55. The molecule has 1 fully saturated rings. The van der Waals surface area contributed by atoms with E-state index in [-0.39, 0.29) is 36.0 Å². The third-order valence-electron chi connectivity index (χ3n) is 8.46. The summed E-state index contributed by atoms with van der Waals surface area (Å²) >= 11 is 0. The van der Waals surface area contributed by atoms with Crippen LogP contribution in [-0.4, -0.2) is 47.1 Å². The van der Waals surface area contributed by atoms with E-state index in [9.17, 15) is 24.0 Å². The highest BCUT2D eigenvalue weighted by molar-refractivity contribution is 6.10. The van der Waals surface area contributed by atoms with Gasteiger partial charge in [0.15, 0.2) is 6.61 Å². The van der Waals surface area contributed by atoms with Crippen molar-refractivity contribution in [3.8, 4) is 0 Å². The van der Waals surface area contributed by atoms with Crippen molar-refractivity contribution < 1.29 is 28.7 Å². The summed E-state index contributed by atoms with van der Waals surface area (Å²) < 4.78 is 5.31. The fraction of sp³-hybridized carbons (Fsp3) is 0.303. The highest BCUT2D eigenvalue weighted by Gasteiger charge is 2.63. The van der Waals surface area contributed by atoms with Gasteiger partial charge < -0.3 is 4.74 Å². The van der Waals surface area contributed by atoms with E-state index < -0.39 is 42.3 Å². The second-order valence-electron chi connectivity index (χ2n) is 11.4. The van der Waals surface area contributed by atoms with Gasteiger partial charge in [-0.15, -0.1) is 0 Å². The SMILES string of the molecule is CC(C)C[C@H](C(=O)OCC(=O)NNC(=O)c1ccccc1)N1C(=O)[C@H]2C3c4ccccc4C(c4ccccc43)[C@@H]2C1=O. The van der Waals surface area contributed by atoms with Crippen molar-refractivity contribution in [1.29, 1.82) is 0 Å². The van der Waals surface area contributed by atoms with E-state index >= 15 is 0 Å². The molecule has 214 valence electrons. The van der Waals surface area contributed by atoms with Gasteiger partial charge >= 0.3 is 5.97 Å². The molecule has 0 saturated carbocycles. The lowest BCUT2D eigenvalue weighted by Gasteiger charge is -2.45. The van der Waals surface area contributed by atoms with E-state index in [0.29, 0.717) is 5.56 Å². The number of likely N-dealkylation sites (tertiary alicyclic amines) is 1. The molecular formula is C33H31N3O6. The fourth-order valence-electron chi connectivity index (χ4n) is 6.82. The zero-order valence-electron chi connectivity index (χ0n) is 23.3. The summed E-state index contributed by atoms with van der Waals surface area (Å²) in [6.45, 7) is 3.09. The van der Waals surface area contributed by atoms with Gasteiger partial charge in [0.05, 0.1) is 11.8 Å².